The zero-order valence-corrected chi connectivity index (χ0v) is 15.9. The molecule has 1 aromatic heterocycles. The molecule has 3 rings (SSSR count). The second kappa shape index (κ2) is 8.36. The standard InChI is InChI=1S/C20H24N2O3S/c1-14(2)19(21-18(23)13-25-16-6-4-3-5-7-16)20(24)22-10-8-17-15(12-22)9-11-26-17/h3-7,9,11,14,19H,8,10,12-13H2,1-2H3,(H,21,23). The van der Waals surface area contributed by atoms with Gasteiger partial charge in [0.2, 0.25) is 5.91 Å². The van der Waals surface area contributed by atoms with Crippen molar-refractivity contribution in [3.63, 3.8) is 0 Å². The first kappa shape index (κ1) is 18.5. The minimum Gasteiger partial charge on any atom is -0.484 e. The number of nitrogens with zero attached hydrogens (tertiary/aromatic N) is 1. The first-order valence-electron chi connectivity index (χ1n) is 8.86. The molecule has 0 spiro atoms. The highest BCUT2D eigenvalue weighted by Gasteiger charge is 2.30. The van der Waals surface area contributed by atoms with Crippen molar-refractivity contribution >= 4 is 23.2 Å². The van der Waals surface area contributed by atoms with Gasteiger partial charge in [0.15, 0.2) is 6.61 Å². The first-order chi connectivity index (χ1) is 12.5. The number of amides is 2. The Bertz CT molecular complexity index is 757. The second-order valence-electron chi connectivity index (χ2n) is 6.77. The van der Waals surface area contributed by atoms with E-state index in [1.165, 1.54) is 10.4 Å². The van der Waals surface area contributed by atoms with Gasteiger partial charge < -0.3 is 15.0 Å². The van der Waals surface area contributed by atoms with Gasteiger partial charge in [-0.15, -0.1) is 11.3 Å². The van der Waals surface area contributed by atoms with Crippen molar-refractivity contribution in [2.75, 3.05) is 13.2 Å². The van der Waals surface area contributed by atoms with Gasteiger partial charge in [0.25, 0.3) is 5.91 Å². The summed E-state index contributed by atoms with van der Waals surface area (Å²) in [5.41, 5.74) is 1.22. The highest BCUT2D eigenvalue weighted by molar-refractivity contribution is 7.10. The third-order valence-corrected chi connectivity index (χ3v) is 5.50. The third kappa shape index (κ3) is 4.43. The summed E-state index contributed by atoms with van der Waals surface area (Å²) in [6.45, 7) is 5.11. The summed E-state index contributed by atoms with van der Waals surface area (Å²) in [6.07, 6.45) is 0.884. The summed E-state index contributed by atoms with van der Waals surface area (Å²) in [4.78, 5) is 28.4. The fourth-order valence-corrected chi connectivity index (χ4v) is 3.92. The van der Waals surface area contributed by atoms with Gasteiger partial charge in [-0.25, -0.2) is 0 Å². The molecule has 0 bridgehead atoms. The summed E-state index contributed by atoms with van der Waals surface area (Å²) in [5, 5.41) is 4.92. The smallest absolute Gasteiger partial charge is 0.258 e. The minimum absolute atomic E-state index is 0.00652. The molecule has 26 heavy (non-hydrogen) atoms. The molecule has 138 valence electrons. The number of benzene rings is 1. The SMILES string of the molecule is CC(C)C(NC(=O)COc1ccccc1)C(=O)N1CCc2sccc2C1. The van der Waals surface area contributed by atoms with Crippen molar-refractivity contribution in [2.45, 2.75) is 32.9 Å². The van der Waals surface area contributed by atoms with Crippen LogP contribution in [0.2, 0.25) is 0 Å². The van der Waals surface area contributed by atoms with Gasteiger partial charge in [-0.2, -0.15) is 0 Å². The summed E-state index contributed by atoms with van der Waals surface area (Å²) >= 11 is 1.74. The number of hydrogen-bond acceptors (Lipinski definition) is 4. The predicted octanol–water partition coefficient (Wildman–Crippen LogP) is 2.85. The Morgan fingerprint density at radius 2 is 2.00 bits per heavy atom. The average Bonchev–Trinajstić information content (AvgIpc) is 3.12. The lowest BCUT2D eigenvalue weighted by Gasteiger charge is -2.32. The number of ether oxygens (including phenoxy) is 1. The summed E-state index contributed by atoms with van der Waals surface area (Å²) < 4.78 is 5.47. The van der Waals surface area contributed by atoms with Crippen LogP contribution in [0.4, 0.5) is 0 Å². The van der Waals surface area contributed by atoms with Crippen molar-refractivity contribution in [1.29, 1.82) is 0 Å². The molecule has 2 heterocycles. The number of carbonyl (C=O) groups excluding carboxylic acids is 2. The van der Waals surface area contributed by atoms with Crippen molar-refractivity contribution in [1.82, 2.24) is 10.2 Å². The number of rotatable bonds is 6. The maximum atomic E-state index is 13.0. The maximum Gasteiger partial charge on any atom is 0.258 e. The van der Waals surface area contributed by atoms with E-state index in [2.05, 4.69) is 16.8 Å². The lowest BCUT2D eigenvalue weighted by atomic mass is 10.0. The van der Waals surface area contributed by atoms with Gasteiger partial charge >= 0.3 is 0 Å². The number of hydrogen-bond donors (Lipinski definition) is 1. The molecule has 5 nitrogen and oxygen atoms in total. The van der Waals surface area contributed by atoms with Crippen molar-refractivity contribution in [3.05, 3.63) is 52.2 Å². The molecule has 1 aliphatic heterocycles. The highest BCUT2D eigenvalue weighted by Crippen LogP contribution is 2.25. The van der Waals surface area contributed by atoms with E-state index in [0.717, 1.165) is 6.42 Å². The van der Waals surface area contributed by atoms with Gasteiger partial charge in [-0.3, -0.25) is 9.59 Å². The van der Waals surface area contributed by atoms with Crippen molar-refractivity contribution in [3.8, 4) is 5.75 Å². The topological polar surface area (TPSA) is 58.6 Å². The fraction of sp³-hybridized carbons (Fsp3) is 0.400. The molecule has 1 N–H and O–H groups in total. The van der Waals surface area contributed by atoms with Crippen LogP contribution in [-0.4, -0.2) is 35.9 Å². The van der Waals surface area contributed by atoms with E-state index in [0.29, 0.717) is 18.8 Å². The Hall–Kier alpha value is -2.34. The molecule has 0 fully saturated rings. The number of thiophene rings is 1. The molecule has 0 aliphatic carbocycles. The van der Waals surface area contributed by atoms with Crippen LogP contribution in [-0.2, 0) is 22.6 Å². The maximum absolute atomic E-state index is 13.0. The number of para-hydroxylation sites is 1. The third-order valence-electron chi connectivity index (χ3n) is 4.48. The van der Waals surface area contributed by atoms with Crippen LogP contribution < -0.4 is 10.1 Å². The monoisotopic (exact) mass is 372 g/mol. The number of carbonyl (C=O) groups is 2. The van der Waals surface area contributed by atoms with E-state index in [1.54, 1.807) is 23.5 Å². The Labute approximate surface area is 158 Å². The van der Waals surface area contributed by atoms with Crippen LogP contribution in [0.25, 0.3) is 0 Å². The van der Waals surface area contributed by atoms with E-state index in [-0.39, 0.29) is 24.3 Å². The van der Waals surface area contributed by atoms with E-state index < -0.39 is 6.04 Å². The predicted molar refractivity (Wildman–Crippen MR) is 102 cm³/mol. The summed E-state index contributed by atoms with van der Waals surface area (Å²) in [5.74, 6) is 0.335. The van der Waals surface area contributed by atoms with E-state index >= 15 is 0 Å². The molecule has 2 amide bonds. The molecule has 1 aromatic carbocycles. The molecule has 0 saturated carbocycles. The molecule has 1 aliphatic rings. The zero-order valence-electron chi connectivity index (χ0n) is 15.1. The molecule has 0 saturated heterocycles. The Morgan fingerprint density at radius 1 is 1.23 bits per heavy atom. The van der Waals surface area contributed by atoms with Crippen molar-refractivity contribution < 1.29 is 14.3 Å². The summed E-state index contributed by atoms with van der Waals surface area (Å²) in [7, 11) is 0. The zero-order chi connectivity index (χ0) is 18.5. The molecular formula is C20H24N2O3S. The van der Waals surface area contributed by atoms with Gasteiger partial charge in [0.05, 0.1) is 0 Å². The molecule has 2 aromatic rings. The molecule has 1 unspecified atom stereocenters. The van der Waals surface area contributed by atoms with Gasteiger partial charge in [-0.1, -0.05) is 32.0 Å². The van der Waals surface area contributed by atoms with Crippen LogP contribution in [0.15, 0.2) is 41.8 Å². The minimum atomic E-state index is -0.540. The van der Waals surface area contributed by atoms with Crippen molar-refractivity contribution in [2.24, 2.45) is 5.92 Å². The first-order valence-corrected chi connectivity index (χ1v) is 9.74. The van der Waals surface area contributed by atoms with Crippen LogP contribution in [0, 0.1) is 5.92 Å². The van der Waals surface area contributed by atoms with E-state index in [4.69, 9.17) is 4.74 Å². The second-order valence-corrected chi connectivity index (χ2v) is 7.77. The number of fused-ring (bicyclic) bond motifs is 1. The lowest BCUT2D eigenvalue weighted by Crippen LogP contribution is -2.53. The summed E-state index contributed by atoms with van der Waals surface area (Å²) in [6, 6.07) is 10.7. The van der Waals surface area contributed by atoms with Crippen LogP contribution >= 0.6 is 11.3 Å². The number of nitrogens with one attached hydrogen (secondary N) is 1. The van der Waals surface area contributed by atoms with Crippen LogP contribution in [0.1, 0.15) is 24.3 Å². The van der Waals surface area contributed by atoms with Crippen LogP contribution in [0.3, 0.4) is 0 Å². The Balaban J connectivity index is 1.58. The Morgan fingerprint density at radius 3 is 2.73 bits per heavy atom. The van der Waals surface area contributed by atoms with Gasteiger partial charge in [0.1, 0.15) is 11.8 Å². The highest BCUT2D eigenvalue weighted by atomic mass is 32.1. The fourth-order valence-electron chi connectivity index (χ4n) is 3.03. The normalized spacial score (nSPS) is 14.7. The largest absolute Gasteiger partial charge is 0.484 e. The lowest BCUT2D eigenvalue weighted by molar-refractivity contribution is -0.138. The van der Waals surface area contributed by atoms with Crippen LogP contribution in [0.5, 0.6) is 5.75 Å². The molecule has 6 heteroatoms. The molecule has 0 radical (unpaired) electrons. The average molecular weight is 372 g/mol. The Kier molecular flexibility index (Phi) is 5.93. The van der Waals surface area contributed by atoms with E-state index in [9.17, 15) is 9.59 Å². The van der Waals surface area contributed by atoms with Gasteiger partial charge in [0, 0.05) is 18.0 Å². The quantitative estimate of drug-likeness (QED) is 0.848. The molecule has 1 atom stereocenters. The van der Waals surface area contributed by atoms with Gasteiger partial charge in [-0.05, 0) is 41.5 Å². The van der Waals surface area contributed by atoms with E-state index in [1.807, 2.05) is 36.9 Å². The molecular weight excluding hydrogens is 348 g/mol.